The molecule has 0 N–H and O–H groups in total. The maximum Gasteiger partial charge on any atom is 0.190 e. The van der Waals surface area contributed by atoms with Crippen LogP contribution in [0.4, 0.5) is 0 Å². The highest BCUT2D eigenvalue weighted by Gasteiger charge is 2.44. The van der Waals surface area contributed by atoms with Gasteiger partial charge in [0.1, 0.15) is 12.3 Å². The summed E-state index contributed by atoms with van der Waals surface area (Å²) in [6.45, 7) is 3.72. The lowest BCUT2D eigenvalue weighted by atomic mass is 9.82. The Morgan fingerprint density at radius 3 is 2.24 bits per heavy atom. The molecule has 0 bridgehead atoms. The second-order valence-electron chi connectivity index (χ2n) is 7.59. The number of ketones is 1. The van der Waals surface area contributed by atoms with E-state index in [4.69, 9.17) is 9.47 Å². The van der Waals surface area contributed by atoms with Gasteiger partial charge in [-0.25, -0.2) is 0 Å². The van der Waals surface area contributed by atoms with E-state index in [0.29, 0.717) is 0 Å². The molecule has 0 radical (unpaired) electrons. The number of nitrogens with zero attached hydrogens (tertiary/aromatic N) is 1. The Morgan fingerprint density at radius 1 is 0.966 bits per heavy atom. The predicted molar refractivity (Wildman–Crippen MR) is 117 cm³/mol. The third-order valence-corrected chi connectivity index (χ3v) is 6.10. The number of benzene rings is 2. The lowest BCUT2D eigenvalue weighted by molar-refractivity contribution is -0.158. The largest absolute Gasteiger partial charge is 0.377 e. The first kappa shape index (κ1) is 21.7. The Morgan fingerprint density at radius 2 is 1.62 bits per heavy atom. The lowest BCUT2D eigenvalue weighted by Crippen LogP contribution is -2.54. The summed E-state index contributed by atoms with van der Waals surface area (Å²) in [6.07, 6.45) is 0.490. The Kier molecular flexibility index (Phi) is 6.91. The molecule has 1 saturated heterocycles. The lowest BCUT2D eigenvalue weighted by Gasteiger charge is -2.44. The van der Waals surface area contributed by atoms with Gasteiger partial charge in [-0.1, -0.05) is 54.6 Å². The van der Waals surface area contributed by atoms with Crippen LogP contribution in [-0.4, -0.2) is 43.8 Å². The van der Waals surface area contributed by atoms with Crippen molar-refractivity contribution < 1.29 is 14.3 Å². The summed E-state index contributed by atoms with van der Waals surface area (Å²) in [5.41, 5.74) is 5.09. The summed E-state index contributed by atoms with van der Waals surface area (Å²) in [4.78, 5) is 15.5. The number of halogens is 1. The molecule has 1 heterocycles. The smallest absolute Gasteiger partial charge is 0.190 e. The fourth-order valence-corrected chi connectivity index (χ4v) is 4.78. The van der Waals surface area contributed by atoms with Crippen LogP contribution in [0.3, 0.4) is 0 Å². The van der Waals surface area contributed by atoms with E-state index in [9.17, 15) is 4.79 Å². The molecular formula is C24H28ClNO3. The second-order valence-corrected chi connectivity index (χ2v) is 7.59. The van der Waals surface area contributed by atoms with Gasteiger partial charge in [0, 0.05) is 44.4 Å². The number of ether oxygens (including phenoxy) is 2. The standard InChI is InChI=1S/C24H27NO3.ClH/c1-16-18-11-7-8-12-19(18)22(26)21(16)20-13-14-25(24(28-3)23(20)27-2)15-17-9-5-4-6-10-17;/h4-12,20,23-24H,13-15H2,1-3H3;1H. The van der Waals surface area contributed by atoms with Crippen molar-refractivity contribution in [3.05, 3.63) is 76.9 Å². The van der Waals surface area contributed by atoms with Crippen molar-refractivity contribution in [3.8, 4) is 0 Å². The summed E-state index contributed by atoms with van der Waals surface area (Å²) in [5, 5.41) is 0. The Hall–Kier alpha value is -1.98. The fourth-order valence-electron chi connectivity index (χ4n) is 4.78. The molecule has 1 aliphatic heterocycles. The van der Waals surface area contributed by atoms with Crippen molar-refractivity contribution in [1.29, 1.82) is 0 Å². The van der Waals surface area contributed by atoms with Crippen LogP contribution in [0.2, 0.25) is 0 Å². The number of allylic oxidation sites excluding steroid dienone is 1. The van der Waals surface area contributed by atoms with E-state index in [1.807, 2.05) is 30.3 Å². The molecule has 1 fully saturated rings. The first-order valence-corrected chi connectivity index (χ1v) is 9.84. The number of rotatable bonds is 5. The van der Waals surface area contributed by atoms with E-state index >= 15 is 0 Å². The van der Waals surface area contributed by atoms with Gasteiger partial charge in [0.25, 0.3) is 0 Å². The molecule has 1 aliphatic carbocycles. The molecule has 0 saturated carbocycles. The molecule has 4 rings (SSSR count). The fraction of sp³-hybridized carbons (Fsp3) is 0.375. The highest BCUT2D eigenvalue weighted by molar-refractivity contribution is 6.20. The van der Waals surface area contributed by atoms with Gasteiger partial charge in [0.05, 0.1) is 0 Å². The molecule has 4 nitrogen and oxygen atoms in total. The molecule has 2 aromatic carbocycles. The molecule has 3 atom stereocenters. The second kappa shape index (κ2) is 9.23. The van der Waals surface area contributed by atoms with Crippen LogP contribution in [-0.2, 0) is 16.0 Å². The summed E-state index contributed by atoms with van der Waals surface area (Å²) in [5.74, 6) is 0.174. The van der Waals surface area contributed by atoms with Crippen molar-refractivity contribution in [3.63, 3.8) is 0 Å². The van der Waals surface area contributed by atoms with Crippen LogP contribution in [0.5, 0.6) is 0 Å². The van der Waals surface area contributed by atoms with E-state index < -0.39 is 0 Å². The zero-order valence-corrected chi connectivity index (χ0v) is 17.9. The van der Waals surface area contributed by atoms with Crippen LogP contribution in [0.15, 0.2) is 60.2 Å². The average molecular weight is 414 g/mol. The number of piperidine rings is 1. The van der Waals surface area contributed by atoms with Gasteiger partial charge < -0.3 is 9.47 Å². The third-order valence-electron chi connectivity index (χ3n) is 6.10. The number of likely N-dealkylation sites (tertiary alicyclic amines) is 1. The maximum absolute atomic E-state index is 13.2. The van der Waals surface area contributed by atoms with Gasteiger partial charge in [-0.3, -0.25) is 9.69 Å². The molecular weight excluding hydrogens is 386 g/mol. The molecule has 0 spiro atoms. The number of carbonyl (C=O) groups is 1. The molecule has 0 amide bonds. The van der Waals surface area contributed by atoms with Crippen LogP contribution in [0, 0.1) is 5.92 Å². The Labute approximate surface area is 178 Å². The van der Waals surface area contributed by atoms with E-state index in [0.717, 1.165) is 41.8 Å². The van der Waals surface area contributed by atoms with Crippen LogP contribution < -0.4 is 0 Å². The molecule has 29 heavy (non-hydrogen) atoms. The topological polar surface area (TPSA) is 38.8 Å². The van der Waals surface area contributed by atoms with Crippen molar-refractivity contribution in [2.75, 3.05) is 20.8 Å². The molecule has 0 aromatic heterocycles. The molecule has 5 heteroatoms. The molecule has 2 aliphatic rings. The van der Waals surface area contributed by atoms with Gasteiger partial charge in [0.15, 0.2) is 5.78 Å². The van der Waals surface area contributed by atoms with Crippen LogP contribution in [0.1, 0.15) is 34.8 Å². The minimum atomic E-state index is -0.194. The zero-order valence-electron chi connectivity index (χ0n) is 17.1. The Bertz CT molecular complexity index is 896. The summed E-state index contributed by atoms with van der Waals surface area (Å²) < 4.78 is 11.8. The minimum absolute atomic E-state index is 0. The van der Waals surface area contributed by atoms with E-state index in [1.165, 1.54) is 5.56 Å². The molecule has 3 unspecified atom stereocenters. The summed E-state index contributed by atoms with van der Waals surface area (Å²) in [7, 11) is 3.45. The quantitative estimate of drug-likeness (QED) is 0.718. The first-order valence-electron chi connectivity index (χ1n) is 9.84. The Balaban J connectivity index is 0.00000240. The monoisotopic (exact) mass is 413 g/mol. The number of hydrogen-bond acceptors (Lipinski definition) is 4. The van der Waals surface area contributed by atoms with Crippen LogP contribution >= 0.6 is 12.4 Å². The number of carbonyl (C=O) groups excluding carboxylic acids is 1. The van der Waals surface area contributed by atoms with E-state index in [-0.39, 0.29) is 36.4 Å². The first-order chi connectivity index (χ1) is 13.7. The van der Waals surface area contributed by atoms with E-state index in [2.05, 4.69) is 36.1 Å². The van der Waals surface area contributed by atoms with Gasteiger partial charge >= 0.3 is 0 Å². The van der Waals surface area contributed by atoms with Crippen molar-refractivity contribution in [2.24, 2.45) is 5.92 Å². The van der Waals surface area contributed by atoms with Gasteiger partial charge in [-0.2, -0.15) is 0 Å². The normalized spacial score (nSPS) is 24.4. The highest BCUT2D eigenvalue weighted by Crippen LogP contribution is 2.42. The minimum Gasteiger partial charge on any atom is -0.377 e. The number of fused-ring (bicyclic) bond motifs is 1. The molecule has 154 valence electrons. The highest BCUT2D eigenvalue weighted by atomic mass is 35.5. The van der Waals surface area contributed by atoms with Gasteiger partial charge in [-0.15, -0.1) is 12.4 Å². The average Bonchev–Trinajstić information content (AvgIpc) is 2.99. The zero-order chi connectivity index (χ0) is 19.7. The third kappa shape index (κ3) is 3.90. The maximum atomic E-state index is 13.2. The SMILES string of the molecule is COC1C(C2=C(C)c3ccccc3C2=O)CCN(Cc2ccccc2)C1OC.Cl. The van der Waals surface area contributed by atoms with Crippen molar-refractivity contribution >= 4 is 23.8 Å². The van der Waals surface area contributed by atoms with Crippen molar-refractivity contribution in [1.82, 2.24) is 4.90 Å². The predicted octanol–water partition coefficient (Wildman–Crippen LogP) is 4.59. The van der Waals surface area contributed by atoms with Gasteiger partial charge in [-0.05, 0) is 30.0 Å². The number of methoxy groups -OCH3 is 2. The summed E-state index contributed by atoms with van der Waals surface area (Å²) in [6, 6.07) is 18.3. The number of hydrogen-bond donors (Lipinski definition) is 0. The van der Waals surface area contributed by atoms with E-state index in [1.54, 1.807) is 14.2 Å². The van der Waals surface area contributed by atoms with Crippen LogP contribution in [0.25, 0.3) is 5.57 Å². The van der Waals surface area contributed by atoms with Crippen molar-refractivity contribution in [2.45, 2.75) is 32.2 Å². The number of Topliss-reactive ketones (excluding diaryl/α,β-unsaturated/α-hetero) is 1. The summed E-state index contributed by atoms with van der Waals surface area (Å²) >= 11 is 0. The van der Waals surface area contributed by atoms with Gasteiger partial charge in [0.2, 0.25) is 0 Å². The molecule has 2 aromatic rings.